The third-order valence-corrected chi connectivity index (χ3v) is 4.82. The van der Waals surface area contributed by atoms with Gasteiger partial charge in [0.25, 0.3) is 0 Å². The first-order valence-electron chi connectivity index (χ1n) is 5.49. The van der Waals surface area contributed by atoms with Crippen LogP contribution < -0.4 is 0 Å². The van der Waals surface area contributed by atoms with Crippen molar-refractivity contribution in [3.05, 3.63) is 0 Å². The largest absolute Gasteiger partial charge is 0.300 e. The van der Waals surface area contributed by atoms with Crippen molar-refractivity contribution in [2.24, 2.45) is 17.8 Å². The smallest absolute Gasteiger partial charge is 0.0127 e. The molecule has 68 valence electrons. The van der Waals surface area contributed by atoms with Crippen LogP contribution in [0, 0.1) is 17.8 Å². The highest BCUT2D eigenvalue weighted by Gasteiger charge is 2.51. The molecule has 0 N–H and O–H groups in total. The minimum Gasteiger partial charge on any atom is -0.300 e. The fourth-order valence-corrected chi connectivity index (χ4v) is 4.26. The van der Waals surface area contributed by atoms with Gasteiger partial charge in [-0.1, -0.05) is 6.92 Å². The van der Waals surface area contributed by atoms with E-state index >= 15 is 0 Å². The van der Waals surface area contributed by atoms with Crippen LogP contribution in [0.5, 0.6) is 0 Å². The van der Waals surface area contributed by atoms with Crippen molar-refractivity contribution in [3.63, 3.8) is 0 Å². The zero-order chi connectivity index (χ0) is 8.29. The Bertz CT molecular complexity index is 201. The molecule has 1 aliphatic carbocycles. The SMILES string of the molecule is CC1CC2CC1C1CCC2N1C. The van der Waals surface area contributed by atoms with E-state index in [1.165, 1.54) is 19.3 Å². The molecule has 2 heterocycles. The molecule has 0 aromatic heterocycles. The Morgan fingerprint density at radius 1 is 1.08 bits per heavy atom. The van der Waals surface area contributed by atoms with Crippen molar-refractivity contribution < 1.29 is 0 Å². The summed E-state index contributed by atoms with van der Waals surface area (Å²) >= 11 is 0. The summed E-state index contributed by atoms with van der Waals surface area (Å²) in [6.07, 6.45) is 6.07. The Kier molecular flexibility index (Phi) is 1.39. The molecule has 0 aromatic rings. The number of rotatable bonds is 0. The van der Waals surface area contributed by atoms with E-state index < -0.39 is 0 Å². The van der Waals surface area contributed by atoms with Crippen molar-refractivity contribution in [2.75, 3.05) is 7.05 Å². The molecule has 1 saturated carbocycles. The highest BCUT2D eigenvalue weighted by atomic mass is 15.2. The second-order valence-corrected chi connectivity index (χ2v) is 5.25. The molecule has 3 aliphatic rings. The Morgan fingerprint density at radius 2 is 1.83 bits per heavy atom. The first kappa shape index (κ1) is 7.37. The van der Waals surface area contributed by atoms with Gasteiger partial charge in [0.2, 0.25) is 0 Å². The van der Waals surface area contributed by atoms with Gasteiger partial charge in [-0.3, -0.25) is 4.90 Å². The minimum atomic E-state index is 0.962. The predicted octanol–water partition coefficient (Wildman–Crippen LogP) is 2.13. The lowest BCUT2D eigenvalue weighted by molar-refractivity contribution is 0.106. The quantitative estimate of drug-likeness (QED) is 0.531. The number of hydrogen-bond acceptors (Lipinski definition) is 1. The number of hydrogen-bond donors (Lipinski definition) is 0. The van der Waals surface area contributed by atoms with Crippen LogP contribution in [-0.4, -0.2) is 24.0 Å². The normalized spacial score (nSPS) is 58.0. The van der Waals surface area contributed by atoms with Crippen LogP contribution in [0.25, 0.3) is 0 Å². The van der Waals surface area contributed by atoms with E-state index in [0.717, 1.165) is 29.8 Å². The third kappa shape index (κ3) is 0.736. The van der Waals surface area contributed by atoms with Gasteiger partial charge in [-0.25, -0.2) is 0 Å². The standard InChI is InChI=1S/C11H19N/c1-7-5-8-6-9(7)11-4-3-10(8)12(11)2/h7-11H,3-6H2,1-2H3. The summed E-state index contributed by atoms with van der Waals surface area (Å²) < 4.78 is 0. The summed E-state index contributed by atoms with van der Waals surface area (Å²) in [5.74, 6) is 3.14. The van der Waals surface area contributed by atoms with Crippen LogP contribution in [0.3, 0.4) is 0 Å². The van der Waals surface area contributed by atoms with E-state index in [1.54, 1.807) is 6.42 Å². The maximum Gasteiger partial charge on any atom is 0.0127 e. The van der Waals surface area contributed by atoms with E-state index in [2.05, 4.69) is 18.9 Å². The van der Waals surface area contributed by atoms with Gasteiger partial charge in [-0.05, 0) is 50.5 Å². The molecule has 3 rings (SSSR count). The highest BCUT2D eigenvalue weighted by Crippen LogP contribution is 2.52. The van der Waals surface area contributed by atoms with Gasteiger partial charge in [0.15, 0.2) is 0 Å². The lowest BCUT2D eigenvalue weighted by atomic mass is 9.88. The Balaban J connectivity index is 1.96. The summed E-state index contributed by atoms with van der Waals surface area (Å²) in [5.41, 5.74) is 0. The molecule has 4 bridgehead atoms. The maximum absolute atomic E-state index is 2.70. The van der Waals surface area contributed by atoms with E-state index in [4.69, 9.17) is 0 Å². The molecule has 0 spiro atoms. The average Bonchev–Trinajstić information content (AvgIpc) is 2.43. The van der Waals surface area contributed by atoms with Crippen LogP contribution in [0.4, 0.5) is 0 Å². The second kappa shape index (κ2) is 2.25. The minimum absolute atomic E-state index is 0.962. The molecule has 2 saturated heterocycles. The molecule has 0 aromatic carbocycles. The van der Waals surface area contributed by atoms with Crippen molar-refractivity contribution >= 4 is 0 Å². The lowest BCUT2D eigenvalue weighted by Gasteiger charge is -2.37. The van der Waals surface area contributed by atoms with Crippen LogP contribution in [-0.2, 0) is 0 Å². The van der Waals surface area contributed by atoms with Gasteiger partial charge < -0.3 is 0 Å². The number of piperidine rings is 1. The number of nitrogens with zero attached hydrogens (tertiary/aromatic N) is 1. The van der Waals surface area contributed by atoms with Crippen molar-refractivity contribution in [2.45, 2.75) is 44.7 Å². The summed E-state index contributed by atoms with van der Waals surface area (Å²) in [7, 11) is 2.36. The van der Waals surface area contributed by atoms with Crippen LogP contribution in [0.15, 0.2) is 0 Å². The van der Waals surface area contributed by atoms with Gasteiger partial charge >= 0.3 is 0 Å². The fourth-order valence-electron chi connectivity index (χ4n) is 4.26. The summed E-state index contributed by atoms with van der Waals surface area (Å²) in [6.45, 7) is 2.47. The topological polar surface area (TPSA) is 3.24 Å². The van der Waals surface area contributed by atoms with Gasteiger partial charge in [0, 0.05) is 12.1 Å². The van der Waals surface area contributed by atoms with Crippen molar-refractivity contribution in [1.82, 2.24) is 4.90 Å². The van der Waals surface area contributed by atoms with E-state index in [0.29, 0.717) is 0 Å². The van der Waals surface area contributed by atoms with E-state index in [1.807, 2.05) is 0 Å². The van der Waals surface area contributed by atoms with Gasteiger partial charge in [-0.2, -0.15) is 0 Å². The second-order valence-electron chi connectivity index (χ2n) is 5.25. The number of fused-ring (bicyclic) bond motifs is 6. The zero-order valence-electron chi connectivity index (χ0n) is 8.16. The summed E-state index contributed by atoms with van der Waals surface area (Å²) in [4.78, 5) is 2.70. The molecular weight excluding hydrogens is 146 g/mol. The summed E-state index contributed by atoms with van der Waals surface area (Å²) in [6, 6.07) is 1.93. The van der Waals surface area contributed by atoms with E-state index in [-0.39, 0.29) is 0 Å². The van der Waals surface area contributed by atoms with Crippen molar-refractivity contribution in [3.8, 4) is 0 Å². The Labute approximate surface area is 75.1 Å². The predicted molar refractivity (Wildman–Crippen MR) is 50.0 cm³/mol. The van der Waals surface area contributed by atoms with Gasteiger partial charge in [0.1, 0.15) is 0 Å². The Hall–Kier alpha value is -0.0400. The maximum atomic E-state index is 2.70. The first-order valence-corrected chi connectivity index (χ1v) is 5.49. The third-order valence-electron chi connectivity index (χ3n) is 4.82. The lowest BCUT2D eigenvalue weighted by Crippen LogP contribution is -2.43. The summed E-state index contributed by atoms with van der Waals surface area (Å²) in [5, 5.41) is 0. The fraction of sp³-hybridized carbons (Fsp3) is 1.00. The van der Waals surface area contributed by atoms with Crippen LogP contribution in [0.2, 0.25) is 0 Å². The van der Waals surface area contributed by atoms with Crippen LogP contribution >= 0.6 is 0 Å². The van der Waals surface area contributed by atoms with E-state index in [9.17, 15) is 0 Å². The molecule has 2 aliphatic heterocycles. The Morgan fingerprint density at radius 3 is 2.67 bits per heavy atom. The monoisotopic (exact) mass is 165 g/mol. The molecular formula is C11H19N. The first-order chi connectivity index (χ1) is 5.77. The highest BCUT2D eigenvalue weighted by molar-refractivity contribution is 5.04. The van der Waals surface area contributed by atoms with Crippen molar-refractivity contribution in [1.29, 1.82) is 0 Å². The average molecular weight is 165 g/mol. The van der Waals surface area contributed by atoms with Gasteiger partial charge in [-0.15, -0.1) is 0 Å². The molecule has 0 amide bonds. The molecule has 5 unspecified atom stereocenters. The molecule has 12 heavy (non-hydrogen) atoms. The zero-order valence-corrected chi connectivity index (χ0v) is 8.16. The van der Waals surface area contributed by atoms with Gasteiger partial charge in [0.05, 0.1) is 0 Å². The molecule has 1 nitrogen and oxygen atoms in total. The molecule has 0 radical (unpaired) electrons. The molecule has 1 heteroatoms. The molecule has 5 atom stereocenters. The molecule has 3 fully saturated rings. The van der Waals surface area contributed by atoms with Crippen LogP contribution in [0.1, 0.15) is 32.6 Å².